The number of thiophene rings is 1. The summed E-state index contributed by atoms with van der Waals surface area (Å²) in [5, 5.41) is 19.0. The molecule has 0 spiro atoms. The van der Waals surface area contributed by atoms with Gasteiger partial charge in [0.05, 0.1) is 17.4 Å². The Bertz CT molecular complexity index is 1090. The Balaban J connectivity index is 2.05. The van der Waals surface area contributed by atoms with Crippen LogP contribution < -0.4 is 5.56 Å². The van der Waals surface area contributed by atoms with E-state index in [2.05, 4.69) is 4.98 Å². The first-order valence-corrected chi connectivity index (χ1v) is 8.64. The lowest BCUT2D eigenvalue weighted by Crippen LogP contribution is -2.24. The lowest BCUT2D eigenvalue weighted by Gasteiger charge is -2.11. The van der Waals surface area contributed by atoms with Gasteiger partial charge in [0.15, 0.2) is 0 Å². The summed E-state index contributed by atoms with van der Waals surface area (Å²) >= 11 is 1.39. The molecule has 0 radical (unpaired) electrons. The van der Waals surface area contributed by atoms with Gasteiger partial charge in [0.1, 0.15) is 17.2 Å². The van der Waals surface area contributed by atoms with Crippen molar-refractivity contribution < 1.29 is 9.90 Å². The number of carbonyl (C=O) groups is 1. The van der Waals surface area contributed by atoms with Crippen LogP contribution in [0.5, 0.6) is 0 Å². The number of nitriles is 1. The number of rotatable bonds is 3. The normalized spacial score (nSPS) is 15.9. The Kier molecular flexibility index (Phi) is 3.62. The number of aryl methyl sites for hydroxylation is 1. The molecule has 0 saturated carbocycles. The summed E-state index contributed by atoms with van der Waals surface area (Å²) in [7, 11) is 0. The highest BCUT2D eigenvalue weighted by Gasteiger charge is 2.34. The Morgan fingerprint density at radius 2 is 2.16 bits per heavy atom. The first-order chi connectivity index (χ1) is 12.1. The van der Waals surface area contributed by atoms with Gasteiger partial charge in [0, 0.05) is 10.4 Å². The Morgan fingerprint density at radius 1 is 1.40 bits per heavy atom. The zero-order valence-electron chi connectivity index (χ0n) is 13.1. The molecule has 4 rings (SSSR count). The molecule has 7 heteroatoms. The number of carboxylic acids is 1. The predicted octanol–water partition coefficient (Wildman–Crippen LogP) is 2.76. The van der Waals surface area contributed by atoms with Crippen LogP contribution in [0, 0.1) is 11.3 Å². The summed E-state index contributed by atoms with van der Waals surface area (Å²) in [6, 6.07) is 11.2. The summed E-state index contributed by atoms with van der Waals surface area (Å²) in [4.78, 5) is 30.7. The highest BCUT2D eigenvalue weighted by molar-refractivity contribution is 7.18. The van der Waals surface area contributed by atoms with Crippen molar-refractivity contribution in [3.8, 4) is 17.5 Å². The molecule has 0 saturated heterocycles. The van der Waals surface area contributed by atoms with E-state index in [1.54, 1.807) is 0 Å². The fourth-order valence-corrected chi connectivity index (χ4v) is 4.64. The number of nitrogens with zero attached hydrogens (tertiary/aromatic N) is 3. The van der Waals surface area contributed by atoms with Crippen molar-refractivity contribution in [2.75, 3.05) is 0 Å². The molecular formula is C18H13N3O3S. The predicted molar refractivity (Wildman–Crippen MR) is 93.6 cm³/mol. The summed E-state index contributed by atoms with van der Waals surface area (Å²) in [5.41, 5.74) is 1.01. The molecule has 1 aromatic carbocycles. The molecule has 25 heavy (non-hydrogen) atoms. The van der Waals surface area contributed by atoms with Crippen LogP contribution >= 0.6 is 11.3 Å². The highest BCUT2D eigenvalue weighted by Crippen LogP contribution is 2.42. The summed E-state index contributed by atoms with van der Waals surface area (Å²) in [6.45, 7) is -0.131. The minimum Gasteiger partial charge on any atom is -0.481 e. The molecule has 1 unspecified atom stereocenters. The van der Waals surface area contributed by atoms with E-state index in [-0.39, 0.29) is 12.1 Å². The van der Waals surface area contributed by atoms with Crippen LogP contribution in [0.25, 0.3) is 21.6 Å². The average Bonchev–Trinajstić information content (AvgIpc) is 3.16. The smallest absolute Gasteiger partial charge is 0.311 e. The maximum Gasteiger partial charge on any atom is 0.311 e. The Morgan fingerprint density at radius 3 is 2.84 bits per heavy atom. The second kappa shape index (κ2) is 5.83. The molecule has 1 atom stereocenters. The van der Waals surface area contributed by atoms with E-state index >= 15 is 0 Å². The molecule has 6 nitrogen and oxygen atoms in total. The van der Waals surface area contributed by atoms with E-state index in [0.29, 0.717) is 34.4 Å². The third-order valence-electron chi connectivity index (χ3n) is 4.49. The number of carboxylic acid groups (broad SMARTS) is 1. The molecule has 2 heterocycles. The van der Waals surface area contributed by atoms with Gasteiger partial charge in [-0.05, 0) is 18.4 Å². The van der Waals surface area contributed by atoms with Crippen LogP contribution in [0.3, 0.4) is 0 Å². The van der Waals surface area contributed by atoms with E-state index in [0.717, 1.165) is 10.4 Å². The molecular weight excluding hydrogens is 338 g/mol. The van der Waals surface area contributed by atoms with Gasteiger partial charge in [0.25, 0.3) is 5.56 Å². The molecule has 1 aliphatic rings. The van der Waals surface area contributed by atoms with E-state index in [4.69, 9.17) is 5.26 Å². The van der Waals surface area contributed by atoms with Crippen LogP contribution in [-0.2, 0) is 17.8 Å². The Hall–Kier alpha value is -2.98. The lowest BCUT2D eigenvalue weighted by atomic mass is 10.0. The van der Waals surface area contributed by atoms with E-state index < -0.39 is 11.9 Å². The van der Waals surface area contributed by atoms with Gasteiger partial charge < -0.3 is 5.11 Å². The van der Waals surface area contributed by atoms with Crippen molar-refractivity contribution in [2.24, 2.45) is 0 Å². The number of aromatic nitrogens is 2. The minimum atomic E-state index is -0.920. The van der Waals surface area contributed by atoms with Crippen molar-refractivity contribution >= 4 is 27.5 Å². The van der Waals surface area contributed by atoms with Crippen molar-refractivity contribution in [2.45, 2.75) is 25.3 Å². The van der Waals surface area contributed by atoms with Gasteiger partial charge >= 0.3 is 5.97 Å². The molecule has 1 aliphatic carbocycles. The van der Waals surface area contributed by atoms with Crippen LogP contribution in [0.4, 0.5) is 0 Å². The van der Waals surface area contributed by atoms with Crippen molar-refractivity contribution in [1.82, 2.24) is 9.55 Å². The first-order valence-electron chi connectivity index (χ1n) is 7.83. The average molecular weight is 351 g/mol. The number of benzene rings is 1. The molecule has 3 aromatic rings. The maximum atomic E-state index is 13.1. The van der Waals surface area contributed by atoms with E-state index in [1.165, 1.54) is 15.9 Å². The van der Waals surface area contributed by atoms with E-state index in [9.17, 15) is 14.7 Å². The first kappa shape index (κ1) is 15.5. The topological polar surface area (TPSA) is 96.0 Å². The number of hydrogen-bond donors (Lipinski definition) is 1. The van der Waals surface area contributed by atoms with Gasteiger partial charge in [-0.3, -0.25) is 14.2 Å². The third-order valence-corrected chi connectivity index (χ3v) is 5.65. The zero-order chi connectivity index (χ0) is 17.6. The molecule has 0 fully saturated rings. The maximum absolute atomic E-state index is 13.1. The fraction of sp³-hybridized carbons (Fsp3) is 0.222. The highest BCUT2D eigenvalue weighted by atomic mass is 32.1. The van der Waals surface area contributed by atoms with Crippen LogP contribution in [-0.4, -0.2) is 20.6 Å². The fourth-order valence-electron chi connectivity index (χ4n) is 3.40. The van der Waals surface area contributed by atoms with Gasteiger partial charge in [-0.1, -0.05) is 30.3 Å². The van der Waals surface area contributed by atoms with Crippen LogP contribution in [0.2, 0.25) is 0 Å². The lowest BCUT2D eigenvalue weighted by molar-refractivity contribution is -0.138. The van der Waals surface area contributed by atoms with E-state index in [1.807, 2.05) is 36.4 Å². The van der Waals surface area contributed by atoms with Crippen molar-refractivity contribution in [3.63, 3.8) is 0 Å². The van der Waals surface area contributed by atoms with Gasteiger partial charge in [-0.2, -0.15) is 5.26 Å². The molecule has 0 amide bonds. The van der Waals surface area contributed by atoms with Crippen LogP contribution in [0.1, 0.15) is 22.8 Å². The van der Waals surface area contributed by atoms with Gasteiger partial charge in [-0.15, -0.1) is 11.3 Å². The molecule has 0 bridgehead atoms. The second-order valence-corrected chi connectivity index (χ2v) is 6.98. The van der Waals surface area contributed by atoms with Gasteiger partial charge in [0.2, 0.25) is 0 Å². The molecule has 2 aromatic heterocycles. The quantitative estimate of drug-likeness (QED) is 0.783. The van der Waals surface area contributed by atoms with Crippen molar-refractivity contribution in [1.29, 1.82) is 5.26 Å². The zero-order valence-corrected chi connectivity index (χ0v) is 13.9. The third kappa shape index (κ3) is 2.34. The Labute approximate surface area is 146 Å². The number of aliphatic carboxylic acids is 1. The summed E-state index contributed by atoms with van der Waals surface area (Å²) in [6.07, 6.45) is 1.15. The summed E-state index contributed by atoms with van der Waals surface area (Å²) < 4.78 is 1.34. The molecule has 0 aliphatic heterocycles. The number of hydrogen-bond acceptors (Lipinski definition) is 5. The van der Waals surface area contributed by atoms with Gasteiger partial charge in [-0.25, -0.2) is 4.98 Å². The second-order valence-electron chi connectivity index (χ2n) is 5.90. The van der Waals surface area contributed by atoms with Crippen molar-refractivity contribution in [3.05, 3.63) is 51.1 Å². The SMILES string of the molecule is N#CCn1c(-c2ccccc2)nc2sc3c(c2c1=O)C(C(=O)O)CC3. The standard InChI is InChI=1S/C18H13N3O3S/c19-8-9-21-15(10-4-2-1-3-5-10)20-16-14(17(21)22)13-11(18(23)24)6-7-12(13)25-16/h1-5,11H,6-7,9H2,(H,23,24). The largest absolute Gasteiger partial charge is 0.481 e. The van der Waals surface area contributed by atoms with Crippen LogP contribution in [0.15, 0.2) is 35.1 Å². The monoisotopic (exact) mass is 351 g/mol. The summed E-state index contributed by atoms with van der Waals surface area (Å²) in [5.74, 6) is -1.15. The minimum absolute atomic E-state index is 0.131. The number of fused-ring (bicyclic) bond motifs is 3. The molecule has 124 valence electrons. The molecule has 1 N–H and O–H groups in total.